The maximum Gasteiger partial charge on any atom is 0.336 e. The van der Waals surface area contributed by atoms with Gasteiger partial charge in [-0.15, -0.1) is 0 Å². The van der Waals surface area contributed by atoms with Crippen LogP contribution < -0.4 is 0 Å². The van der Waals surface area contributed by atoms with E-state index in [0.29, 0.717) is 13.2 Å². The van der Waals surface area contributed by atoms with E-state index in [-0.39, 0.29) is 6.16 Å². The lowest BCUT2D eigenvalue weighted by Gasteiger charge is -2.20. The van der Waals surface area contributed by atoms with E-state index in [9.17, 15) is 4.57 Å². The van der Waals surface area contributed by atoms with Crippen LogP contribution in [0.15, 0.2) is 36.2 Å². The summed E-state index contributed by atoms with van der Waals surface area (Å²) in [7, 11) is -3.15. The van der Waals surface area contributed by atoms with Gasteiger partial charge in [0.25, 0.3) is 0 Å². The van der Waals surface area contributed by atoms with Gasteiger partial charge >= 0.3 is 7.60 Å². The number of allylic oxidation sites excluding steroid dienone is 2. The number of nitrogens with zero attached hydrogens (tertiary/aromatic N) is 2. The fraction of sp³-hybridized carbons (Fsp3) is 0.438. The zero-order valence-corrected chi connectivity index (χ0v) is 14.5. The minimum Gasteiger partial charge on any atom is -0.309 e. The SMILES string of the molecule is CCOP(=O)(CC(=C(C)C)n1cnc2ccccc21)OCC. The Labute approximate surface area is 131 Å². The summed E-state index contributed by atoms with van der Waals surface area (Å²) in [6.07, 6.45) is 1.99. The molecule has 2 rings (SSSR count). The maximum absolute atomic E-state index is 12.8. The number of aromatic nitrogens is 2. The molecule has 0 N–H and O–H groups in total. The molecule has 0 unspecified atom stereocenters. The van der Waals surface area contributed by atoms with Crippen LogP contribution in [0.2, 0.25) is 0 Å². The predicted molar refractivity (Wildman–Crippen MR) is 90.0 cm³/mol. The summed E-state index contributed by atoms with van der Waals surface area (Å²) in [4.78, 5) is 4.40. The minimum atomic E-state index is -3.15. The fourth-order valence-corrected chi connectivity index (χ4v) is 4.23. The van der Waals surface area contributed by atoms with Crippen molar-refractivity contribution in [3.8, 4) is 0 Å². The van der Waals surface area contributed by atoms with Gasteiger partial charge in [0.1, 0.15) is 6.33 Å². The van der Waals surface area contributed by atoms with E-state index < -0.39 is 7.60 Å². The summed E-state index contributed by atoms with van der Waals surface area (Å²) >= 11 is 0. The summed E-state index contributed by atoms with van der Waals surface area (Å²) in [5.41, 5.74) is 3.85. The first-order valence-electron chi connectivity index (χ1n) is 7.47. The van der Waals surface area contributed by atoms with Crippen LogP contribution in [0.3, 0.4) is 0 Å². The monoisotopic (exact) mass is 322 g/mol. The minimum absolute atomic E-state index is 0.233. The van der Waals surface area contributed by atoms with Gasteiger partial charge in [-0.1, -0.05) is 17.7 Å². The Kier molecular flexibility index (Phi) is 5.57. The average Bonchev–Trinajstić information content (AvgIpc) is 2.89. The summed E-state index contributed by atoms with van der Waals surface area (Å²) in [5.74, 6) is 0. The van der Waals surface area contributed by atoms with E-state index in [2.05, 4.69) is 4.98 Å². The molecule has 120 valence electrons. The van der Waals surface area contributed by atoms with Crippen LogP contribution in [0.1, 0.15) is 27.7 Å². The Balaban J connectivity index is 2.44. The van der Waals surface area contributed by atoms with Crippen LogP contribution in [0.4, 0.5) is 0 Å². The molecule has 0 radical (unpaired) electrons. The molecule has 0 amide bonds. The first-order valence-corrected chi connectivity index (χ1v) is 9.20. The van der Waals surface area contributed by atoms with Crippen molar-refractivity contribution >= 4 is 24.3 Å². The normalized spacial score (nSPS) is 11.8. The molecule has 0 fully saturated rings. The summed E-state index contributed by atoms with van der Waals surface area (Å²) in [5, 5.41) is 0. The number of imidazole rings is 1. The molecule has 0 saturated carbocycles. The van der Waals surface area contributed by atoms with Gasteiger partial charge in [0.05, 0.1) is 30.4 Å². The molecular weight excluding hydrogens is 299 g/mol. The van der Waals surface area contributed by atoms with Crippen LogP contribution in [-0.2, 0) is 13.6 Å². The smallest absolute Gasteiger partial charge is 0.309 e. The van der Waals surface area contributed by atoms with E-state index in [1.54, 1.807) is 6.33 Å². The molecule has 0 bridgehead atoms. The molecule has 22 heavy (non-hydrogen) atoms. The first-order chi connectivity index (χ1) is 10.5. The van der Waals surface area contributed by atoms with Crippen molar-refractivity contribution in [1.82, 2.24) is 9.55 Å². The summed E-state index contributed by atoms with van der Waals surface area (Å²) < 4.78 is 25.7. The van der Waals surface area contributed by atoms with Crippen molar-refractivity contribution in [3.05, 3.63) is 36.2 Å². The van der Waals surface area contributed by atoms with Crippen LogP contribution in [0, 0.1) is 0 Å². The van der Waals surface area contributed by atoms with E-state index in [1.165, 1.54) is 0 Å². The molecule has 0 spiro atoms. The third kappa shape index (κ3) is 3.67. The van der Waals surface area contributed by atoms with Crippen molar-refractivity contribution in [1.29, 1.82) is 0 Å². The molecule has 1 heterocycles. The Morgan fingerprint density at radius 2 is 1.82 bits per heavy atom. The molecule has 0 aliphatic heterocycles. The molecule has 0 aliphatic rings. The lowest BCUT2D eigenvalue weighted by molar-refractivity contribution is 0.222. The maximum atomic E-state index is 12.8. The number of fused-ring (bicyclic) bond motifs is 1. The molecule has 2 aromatic rings. The summed E-state index contributed by atoms with van der Waals surface area (Å²) in [6.45, 7) is 8.34. The Bertz CT molecular complexity index is 707. The Morgan fingerprint density at radius 3 is 2.41 bits per heavy atom. The highest BCUT2D eigenvalue weighted by Crippen LogP contribution is 2.50. The second-order valence-electron chi connectivity index (χ2n) is 5.15. The van der Waals surface area contributed by atoms with Gasteiger partial charge < -0.3 is 13.6 Å². The fourth-order valence-electron chi connectivity index (χ4n) is 2.35. The van der Waals surface area contributed by atoms with Crippen LogP contribution in [0.5, 0.6) is 0 Å². The van der Waals surface area contributed by atoms with Gasteiger partial charge in [-0.25, -0.2) is 4.98 Å². The van der Waals surface area contributed by atoms with Crippen LogP contribution in [-0.4, -0.2) is 28.9 Å². The molecule has 0 atom stereocenters. The number of para-hydroxylation sites is 2. The van der Waals surface area contributed by atoms with Crippen LogP contribution in [0.25, 0.3) is 16.7 Å². The first kappa shape index (κ1) is 16.9. The zero-order chi connectivity index (χ0) is 16.2. The average molecular weight is 322 g/mol. The predicted octanol–water partition coefficient (Wildman–Crippen LogP) is 4.55. The molecular formula is C16H23N2O3P. The highest BCUT2D eigenvalue weighted by Gasteiger charge is 2.27. The summed E-state index contributed by atoms with van der Waals surface area (Å²) in [6, 6.07) is 7.87. The number of hydrogen-bond donors (Lipinski definition) is 0. The largest absolute Gasteiger partial charge is 0.336 e. The van der Waals surface area contributed by atoms with Crippen molar-refractivity contribution < 1.29 is 13.6 Å². The van der Waals surface area contributed by atoms with Crippen molar-refractivity contribution in [2.75, 3.05) is 19.4 Å². The Hall–Kier alpha value is -1.42. The van der Waals surface area contributed by atoms with E-state index >= 15 is 0 Å². The third-order valence-corrected chi connectivity index (χ3v) is 5.31. The third-order valence-electron chi connectivity index (χ3n) is 3.32. The van der Waals surface area contributed by atoms with E-state index in [0.717, 1.165) is 22.3 Å². The van der Waals surface area contributed by atoms with Gasteiger partial charge in [0, 0.05) is 5.70 Å². The van der Waals surface area contributed by atoms with Crippen molar-refractivity contribution in [2.45, 2.75) is 27.7 Å². The lowest BCUT2D eigenvalue weighted by Crippen LogP contribution is -2.07. The van der Waals surface area contributed by atoms with Gasteiger partial charge in [-0.2, -0.15) is 0 Å². The van der Waals surface area contributed by atoms with E-state index in [1.807, 2.05) is 56.5 Å². The van der Waals surface area contributed by atoms with Crippen LogP contribution >= 0.6 is 7.60 Å². The Morgan fingerprint density at radius 1 is 1.18 bits per heavy atom. The zero-order valence-electron chi connectivity index (χ0n) is 13.6. The van der Waals surface area contributed by atoms with Crippen molar-refractivity contribution in [2.24, 2.45) is 0 Å². The van der Waals surface area contributed by atoms with Crippen molar-refractivity contribution in [3.63, 3.8) is 0 Å². The molecule has 1 aromatic heterocycles. The highest BCUT2D eigenvalue weighted by atomic mass is 31.2. The lowest BCUT2D eigenvalue weighted by atomic mass is 10.2. The number of hydrogen-bond acceptors (Lipinski definition) is 4. The second-order valence-corrected chi connectivity index (χ2v) is 7.21. The van der Waals surface area contributed by atoms with Gasteiger partial charge in [-0.3, -0.25) is 4.57 Å². The van der Waals surface area contributed by atoms with Gasteiger partial charge in [0.15, 0.2) is 0 Å². The quantitative estimate of drug-likeness (QED) is 0.702. The highest BCUT2D eigenvalue weighted by molar-refractivity contribution is 7.54. The molecule has 1 aromatic carbocycles. The molecule has 0 aliphatic carbocycles. The standard InChI is InChI=1S/C16H23N2O3P/c1-5-20-22(19,21-6-2)11-16(13(3)4)18-12-17-14-9-7-8-10-15(14)18/h7-10,12H,5-6,11H2,1-4H3. The van der Waals surface area contributed by atoms with Gasteiger partial charge in [-0.05, 0) is 39.8 Å². The molecule has 6 heteroatoms. The van der Waals surface area contributed by atoms with Gasteiger partial charge in [0.2, 0.25) is 0 Å². The molecule has 5 nitrogen and oxygen atoms in total. The number of benzene rings is 1. The molecule has 0 saturated heterocycles. The number of rotatable bonds is 7. The topological polar surface area (TPSA) is 53.4 Å². The second kappa shape index (κ2) is 7.23. The van der Waals surface area contributed by atoms with E-state index in [4.69, 9.17) is 9.05 Å².